The van der Waals surface area contributed by atoms with Gasteiger partial charge >= 0.3 is 0 Å². The van der Waals surface area contributed by atoms with Crippen LogP contribution in [-0.4, -0.2) is 15.1 Å². The fourth-order valence-electron chi connectivity index (χ4n) is 1.34. The van der Waals surface area contributed by atoms with Gasteiger partial charge in [-0.3, -0.25) is 9.97 Å². The van der Waals surface area contributed by atoms with Crippen LogP contribution in [0.1, 0.15) is 5.69 Å². The Kier molecular flexibility index (Phi) is 2.14. The number of rotatable bonds is 1. The zero-order valence-electron chi connectivity index (χ0n) is 7.81. The molecule has 0 amide bonds. The molecule has 0 bridgehead atoms. The van der Waals surface area contributed by atoms with Gasteiger partial charge in [-0.1, -0.05) is 0 Å². The van der Waals surface area contributed by atoms with E-state index in [1.165, 1.54) is 0 Å². The van der Waals surface area contributed by atoms with E-state index in [9.17, 15) is 5.11 Å². The molecular weight excluding hydrogens is 176 g/mol. The van der Waals surface area contributed by atoms with Gasteiger partial charge in [0, 0.05) is 23.7 Å². The van der Waals surface area contributed by atoms with E-state index in [1.807, 2.05) is 19.1 Å². The molecule has 0 aliphatic rings. The largest absolute Gasteiger partial charge is 0.506 e. The van der Waals surface area contributed by atoms with Crippen LogP contribution < -0.4 is 0 Å². The fraction of sp³-hybridized carbons (Fsp3) is 0.0909. The second kappa shape index (κ2) is 3.46. The van der Waals surface area contributed by atoms with Crippen molar-refractivity contribution in [3.8, 4) is 17.0 Å². The van der Waals surface area contributed by atoms with E-state index in [2.05, 4.69) is 9.97 Å². The molecule has 14 heavy (non-hydrogen) atoms. The number of pyridine rings is 2. The van der Waals surface area contributed by atoms with Gasteiger partial charge in [0.15, 0.2) is 0 Å². The van der Waals surface area contributed by atoms with E-state index < -0.39 is 0 Å². The van der Waals surface area contributed by atoms with Crippen LogP contribution in [-0.2, 0) is 0 Å². The van der Waals surface area contributed by atoms with Gasteiger partial charge in [-0.15, -0.1) is 0 Å². The first kappa shape index (κ1) is 8.69. The number of aromatic nitrogens is 2. The van der Waals surface area contributed by atoms with Crippen molar-refractivity contribution < 1.29 is 5.11 Å². The molecule has 3 nitrogen and oxygen atoms in total. The molecule has 0 saturated heterocycles. The Balaban J connectivity index is 2.61. The van der Waals surface area contributed by atoms with Crippen molar-refractivity contribution in [1.29, 1.82) is 0 Å². The average Bonchev–Trinajstić information content (AvgIpc) is 2.20. The molecule has 0 radical (unpaired) electrons. The fourth-order valence-corrected chi connectivity index (χ4v) is 1.34. The summed E-state index contributed by atoms with van der Waals surface area (Å²) in [4.78, 5) is 8.26. The highest BCUT2D eigenvalue weighted by Gasteiger charge is 2.07. The molecule has 0 aromatic carbocycles. The quantitative estimate of drug-likeness (QED) is 0.742. The smallest absolute Gasteiger partial charge is 0.141 e. The Bertz CT molecular complexity index is 411. The molecule has 0 aliphatic carbocycles. The highest BCUT2D eigenvalue weighted by molar-refractivity contribution is 5.67. The molecule has 0 unspecified atom stereocenters. The zero-order valence-corrected chi connectivity index (χ0v) is 7.81. The van der Waals surface area contributed by atoms with Gasteiger partial charge in [-0.2, -0.15) is 0 Å². The van der Waals surface area contributed by atoms with Gasteiger partial charge in [0.25, 0.3) is 0 Å². The van der Waals surface area contributed by atoms with Crippen LogP contribution in [0, 0.1) is 6.92 Å². The summed E-state index contributed by atoms with van der Waals surface area (Å²) in [5.74, 6) is 0.184. The predicted octanol–water partition coefficient (Wildman–Crippen LogP) is 2.16. The molecule has 2 rings (SSSR count). The predicted molar refractivity (Wildman–Crippen MR) is 53.9 cm³/mol. The van der Waals surface area contributed by atoms with Gasteiger partial charge < -0.3 is 5.11 Å². The number of hydrogen-bond acceptors (Lipinski definition) is 3. The van der Waals surface area contributed by atoms with Crippen molar-refractivity contribution in [3.05, 3.63) is 42.4 Å². The first-order valence-corrected chi connectivity index (χ1v) is 4.35. The van der Waals surface area contributed by atoms with Crippen molar-refractivity contribution >= 4 is 0 Å². The van der Waals surface area contributed by atoms with Crippen molar-refractivity contribution in [2.75, 3.05) is 0 Å². The molecule has 2 heterocycles. The summed E-state index contributed by atoms with van der Waals surface area (Å²) >= 11 is 0. The van der Waals surface area contributed by atoms with Crippen molar-refractivity contribution in [2.24, 2.45) is 0 Å². The maximum Gasteiger partial charge on any atom is 0.141 e. The van der Waals surface area contributed by atoms with E-state index in [1.54, 1.807) is 24.5 Å². The Morgan fingerprint density at radius 2 is 1.79 bits per heavy atom. The van der Waals surface area contributed by atoms with Crippen LogP contribution in [0.4, 0.5) is 0 Å². The summed E-state index contributed by atoms with van der Waals surface area (Å²) in [7, 11) is 0. The highest BCUT2D eigenvalue weighted by atomic mass is 16.3. The van der Waals surface area contributed by atoms with Crippen LogP contribution in [0.15, 0.2) is 36.7 Å². The third-order valence-electron chi connectivity index (χ3n) is 2.05. The molecule has 2 aromatic rings. The van der Waals surface area contributed by atoms with E-state index in [0.717, 1.165) is 11.3 Å². The van der Waals surface area contributed by atoms with Gasteiger partial charge in [-0.25, -0.2) is 0 Å². The van der Waals surface area contributed by atoms with Crippen LogP contribution in [0.2, 0.25) is 0 Å². The summed E-state index contributed by atoms with van der Waals surface area (Å²) in [6, 6.07) is 7.04. The molecular formula is C11H10N2O. The van der Waals surface area contributed by atoms with Crippen LogP contribution in [0.3, 0.4) is 0 Å². The molecule has 0 atom stereocenters. The maximum absolute atomic E-state index is 9.60. The minimum Gasteiger partial charge on any atom is -0.506 e. The maximum atomic E-state index is 9.60. The van der Waals surface area contributed by atoms with E-state index in [-0.39, 0.29) is 5.75 Å². The lowest BCUT2D eigenvalue weighted by Gasteiger charge is -2.04. The summed E-state index contributed by atoms with van der Waals surface area (Å²) < 4.78 is 0. The van der Waals surface area contributed by atoms with Crippen LogP contribution in [0.25, 0.3) is 11.3 Å². The third-order valence-corrected chi connectivity index (χ3v) is 2.05. The molecule has 70 valence electrons. The third kappa shape index (κ3) is 1.44. The van der Waals surface area contributed by atoms with Crippen molar-refractivity contribution in [1.82, 2.24) is 9.97 Å². The lowest BCUT2D eigenvalue weighted by Crippen LogP contribution is -1.89. The zero-order chi connectivity index (χ0) is 9.97. The summed E-state index contributed by atoms with van der Waals surface area (Å²) in [5, 5.41) is 9.60. The number of hydrogen-bond donors (Lipinski definition) is 1. The minimum atomic E-state index is 0.184. The Morgan fingerprint density at radius 3 is 2.50 bits per heavy atom. The van der Waals surface area contributed by atoms with Gasteiger partial charge in [0.05, 0.1) is 0 Å². The second-order valence-electron chi connectivity index (χ2n) is 3.01. The van der Waals surface area contributed by atoms with Gasteiger partial charge in [0.1, 0.15) is 11.4 Å². The SMILES string of the molecule is Cc1ncccc1-c1ncccc1O. The van der Waals surface area contributed by atoms with E-state index >= 15 is 0 Å². The molecule has 0 fully saturated rings. The van der Waals surface area contributed by atoms with Crippen molar-refractivity contribution in [3.63, 3.8) is 0 Å². The lowest BCUT2D eigenvalue weighted by atomic mass is 10.1. The van der Waals surface area contributed by atoms with Crippen LogP contribution in [0.5, 0.6) is 5.75 Å². The molecule has 1 N–H and O–H groups in total. The molecule has 3 heteroatoms. The molecule has 0 spiro atoms. The standard InChI is InChI=1S/C11H10N2O/c1-8-9(4-2-6-12-8)11-10(14)5-3-7-13-11/h2-7,14H,1H3. The van der Waals surface area contributed by atoms with Crippen molar-refractivity contribution in [2.45, 2.75) is 6.92 Å². The Morgan fingerprint density at radius 1 is 1.07 bits per heavy atom. The molecule has 0 saturated carbocycles. The number of aromatic hydroxyl groups is 1. The highest BCUT2D eigenvalue weighted by Crippen LogP contribution is 2.27. The normalized spacial score (nSPS) is 10.1. The Hall–Kier alpha value is -1.90. The first-order valence-electron chi connectivity index (χ1n) is 4.35. The van der Waals surface area contributed by atoms with Gasteiger partial charge in [0.2, 0.25) is 0 Å². The minimum absolute atomic E-state index is 0.184. The number of aryl methyl sites for hydroxylation is 1. The first-order chi connectivity index (χ1) is 6.79. The second-order valence-corrected chi connectivity index (χ2v) is 3.01. The summed E-state index contributed by atoms with van der Waals surface area (Å²) in [6.07, 6.45) is 3.38. The lowest BCUT2D eigenvalue weighted by molar-refractivity contribution is 0.475. The van der Waals surface area contributed by atoms with Crippen LogP contribution >= 0.6 is 0 Å². The van der Waals surface area contributed by atoms with E-state index in [4.69, 9.17) is 0 Å². The number of nitrogens with zero attached hydrogens (tertiary/aromatic N) is 2. The van der Waals surface area contributed by atoms with Gasteiger partial charge in [-0.05, 0) is 31.2 Å². The Labute approximate surface area is 82.1 Å². The monoisotopic (exact) mass is 186 g/mol. The molecule has 2 aromatic heterocycles. The van der Waals surface area contributed by atoms with E-state index in [0.29, 0.717) is 5.69 Å². The average molecular weight is 186 g/mol. The summed E-state index contributed by atoms with van der Waals surface area (Å²) in [6.45, 7) is 1.89. The topological polar surface area (TPSA) is 46.0 Å². The molecule has 0 aliphatic heterocycles. The summed E-state index contributed by atoms with van der Waals surface area (Å²) in [5.41, 5.74) is 2.31.